The summed E-state index contributed by atoms with van der Waals surface area (Å²) in [7, 11) is 0. The number of hydrogen-bond donors (Lipinski definition) is 5. The van der Waals surface area contributed by atoms with Crippen molar-refractivity contribution < 1.29 is 19.8 Å². The highest BCUT2D eigenvalue weighted by Crippen LogP contribution is 2.05. The summed E-state index contributed by atoms with van der Waals surface area (Å²) < 4.78 is 0. The lowest BCUT2D eigenvalue weighted by Crippen LogP contribution is -2.50. The quantitative estimate of drug-likeness (QED) is 0.272. The Morgan fingerprint density at radius 3 is 2.59 bits per heavy atom. The Hall–Kier alpha value is -0.440. The minimum Gasteiger partial charge on any atom is -0.480 e. The van der Waals surface area contributed by atoms with Gasteiger partial charge in [0, 0.05) is 18.1 Å². The van der Waals surface area contributed by atoms with Gasteiger partial charge in [-0.1, -0.05) is 0 Å². The number of carbonyl (C=O) groups is 2. The summed E-state index contributed by atoms with van der Waals surface area (Å²) in [5.74, 6) is -0.554. The van der Waals surface area contributed by atoms with Crippen LogP contribution in [0, 0.1) is 0 Å². The number of carboxylic acids is 1. The van der Waals surface area contributed by atoms with E-state index in [4.69, 9.17) is 15.9 Å². The number of thioether (sulfide) groups is 1. The molecule has 8 heteroatoms. The first-order chi connectivity index (χ1) is 8.02. The molecule has 2 unspecified atom stereocenters. The van der Waals surface area contributed by atoms with E-state index in [0.717, 1.165) is 0 Å². The number of amides is 1. The third-order valence-corrected chi connectivity index (χ3v) is 3.42. The molecule has 0 aliphatic carbocycles. The van der Waals surface area contributed by atoms with Gasteiger partial charge >= 0.3 is 5.97 Å². The second-order valence-corrected chi connectivity index (χ2v) is 4.86. The van der Waals surface area contributed by atoms with Crippen LogP contribution in [0.5, 0.6) is 0 Å². The average Bonchev–Trinajstić information content (AvgIpc) is 2.31. The van der Waals surface area contributed by atoms with Crippen molar-refractivity contribution in [2.75, 3.05) is 23.9 Å². The van der Waals surface area contributed by atoms with Crippen LogP contribution in [0.2, 0.25) is 0 Å². The zero-order chi connectivity index (χ0) is 13.3. The zero-order valence-corrected chi connectivity index (χ0v) is 11.0. The van der Waals surface area contributed by atoms with Crippen molar-refractivity contribution in [1.29, 1.82) is 0 Å². The molecular weight excluding hydrogens is 264 g/mol. The molecule has 0 radical (unpaired) electrons. The molecule has 0 fully saturated rings. The molecule has 0 spiro atoms. The minimum absolute atomic E-state index is 0.0711. The monoisotopic (exact) mass is 282 g/mol. The normalized spacial score (nSPS) is 14.1. The van der Waals surface area contributed by atoms with Gasteiger partial charge in [0.15, 0.2) is 0 Å². The summed E-state index contributed by atoms with van der Waals surface area (Å²) >= 11 is 5.22. The van der Waals surface area contributed by atoms with Crippen LogP contribution >= 0.6 is 24.4 Å². The molecule has 0 aromatic rings. The number of carbonyl (C=O) groups excluding carboxylic acids is 1. The van der Waals surface area contributed by atoms with E-state index in [1.54, 1.807) is 0 Å². The van der Waals surface area contributed by atoms with E-state index >= 15 is 0 Å². The number of carboxylic acid groups (broad SMARTS) is 1. The lowest BCUT2D eigenvalue weighted by Gasteiger charge is -2.16. The predicted octanol–water partition coefficient (Wildman–Crippen LogP) is -1.07. The molecule has 0 aromatic heterocycles. The van der Waals surface area contributed by atoms with E-state index in [9.17, 15) is 9.59 Å². The topological polar surface area (TPSA) is 113 Å². The van der Waals surface area contributed by atoms with Gasteiger partial charge in [0.1, 0.15) is 6.04 Å². The van der Waals surface area contributed by atoms with E-state index in [-0.39, 0.29) is 18.1 Å². The molecule has 0 saturated heterocycles. The number of hydrogen-bond acceptors (Lipinski definition) is 6. The van der Waals surface area contributed by atoms with E-state index in [2.05, 4.69) is 17.9 Å². The molecule has 100 valence electrons. The highest BCUT2D eigenvalue weighted by atomic mass is 32.2. The van der Waals surface area contributed by atoms with Gasteiger partial charge in [-0.15, -0.1) is 0 Å². The molecule has 17 heavy (non-hydrogen) atoms. The molecule has 0 aliphatic heterocycles. The molecule has 0 aromatic carbocycles. The second-order valence-electron chi connectivity index (χ2n) is 3.34. The standard InChI is InChI=1S/C9H18N2O4S2/c10-6(4-16)8(13)11-7(9(14)15)5-17-3-1-2-12/h6-7,12,16H,1-5,10H2,(H,11,13)(H,14,15). The van der Waals surface area contributed by atoms with Gasteiger partial charge in [0.2, 0.25) is 5.91 Å². The Morgan fingerprint density at radius 1 is 1.47 bits per heavy atom. The molecule has 5 N–H and O–H groups in total. The van der Waals surface area contributed by atoms with Crippen LogP contribution in [0.25, 0.3) is 0 Å². The van der Waals surface area contributed by atoms with Gasteiger partial charge in [-0.3, -0.25) is 4.79 Å². The average molecular weight is 282 g/mol. The van der Waals surface area contributed by atoms with E-state index in [0.29, 0.717) is 12.2 Å². The Balaban J connectivity index is 4.07. The van der Waals surface area contributed by atoms with Crippen LogP contribution in [0.3, 0.4) is 0 Å². The van der Waals surface area contributed by atoms with Crippen molar-refractivity contribution in [2.45, 2.75) is 18.5 Å². The largest absolute Gasteiger partial charge is 0.480 e. The first-order valence-corrected chi connectivity index (χ1v) is 6.89. The number of aliphatic carboxylic acids is 1. The first kappa shape index (κ1) is 16.6. The second kappa shape index (κ2) is 9.58. The van der Waals surface area contributed by atoms with Gasteiger partial charge in [-0.25, -0.2) is 4.79 Å². The fourth-order valence-electron chi connectivity index (χ4n) is 0.904. The SMILES string of the molecule is NC(CS)C(=O)NC(CSCCCO)C(=O)O. The number of thiol groups is 1. The summed E-state index contributed by atoms with van der Waals surface area (Å²) in [5, 5.41) is 19.8. The Bertz CT molecular complexity index is 253. The molecule has 2 atom stereocenters. The van der Waals surface area contributed by atoms with Crippen molar-refractivity contribution in [2.24, 2.45) is 5.73 Å². The van der Waals surface area contributed by atoms with Crippen LogP contribution < -0.4 is 11.1 Å². The van der Waals surface area contributed by atoms with Gasteiger partial charge in [0.05, 0.1) is 6.04 Å². The third-order valence-electron chi connectivity index (χ3n) is 1.88. The molecular formula is C9H18N2O4S2. The fourth-order valence-corrected chi connectivity index (χ4v) is 2.03. The van der Waals surface area contributed by atoms with Crippen molar-refractivity contribution in [1.82, 2.24) is 5.32 Å². The number of aliphatic hydroxyl groups is 1. The van der Waals surface area contributed by atoms with Crippen molar-refractivity contribution in [3.63, 3.8) is 0 Å². The van der Waals surface area contributed by atoms with Gasteiger partial charge in [-0.2, -0.15) is 24.4 Å². The summed E-state index contributed by atoms with van der Waals surface area (Å²) in [6.45, 7) is 0.0711. The number of nitrogens with two attached hydrogens (primary N) is 1. The fraction of sp³-hybridized carbons (Fsp3) is 0.778. The Kier molecular flexibility index (Phi) is 9.33. The number of aliphatic hydroxyl groups excluding tert-OH is 1. The maximum atomic E-state index is 11.4. The Morgan fingerprint density at radius 2 is 2.12 bits per heavy atom. The molecule has 0 aliphatic rings. The molecule has 0 bridgehead atoms. The summed E-state index contributed by atoms with van der Waals surface area (Å²) in [4.78, 5) is 22.3. The van der Waals surface area contributed by atoms with Crippen molar-refractivity contribution >= 4 is 36.3 Å². The molecule has 0 heterocycles. The Labute approximate surface area is 110 Å². The molecule has 0 rings (SSSR count). The number of rotatable bonds is 9. The van der Waals surface area contributed by atoms with Crippen molar-refractivity contribution in [3.05, 3.63) is 0 Å². The van der Waals surface area contributed by atoms with Crippen LogP contribution in [0.1, 0.15) is 6.42 Å². The highest BCUT2D eigenvalue weighted by Gasteiger charge is 2.22. The van der Waals surface area contributed by atoms with E-state index in [1.165, 1.54) is 11.8 Å². The lowest BCUT2D eigenvalue weighted by molar-refractivity contribution is -0.141. The van der Waals surface area contributed by atoms with Crippen LogP contribution in [-0.4, -0.2) is 58.0 Å². The molecule has 6 nitrogen and oxygen atoms in total. The maximum Gasteiger partial charge on any atom is 0.327 e. The third kappa shape index (κ3) is 7.48. The van der Waals surface area contributed by atoms with Crippen LogP contribution in [0.4, 0.5) is 0 Å². The van der Waals surface area contributed by atoms with E-state index < -0.39 is 24.0 Å². The van der Waals surface area contributed by atoms with Crippen LogP contribution in [-0.2, 0) is 9.59 Å². The molecule has 1 amide bonds. The van der Waals surface area contributed by atoms with Crippen molar-refractivity contribution in [3.8, 4) is 0 Å². The first-order valence-electron chi connectivity index (χ1n) is 5.11. The van der Waals surface area contributed by atoms with E-state index in [1.807, 2.05) is 0 Å². The number of nitrogens with one attached hydrogen (secondary N) is 1. The summed E-state index contributed by atoms with van der Waals surface area (Å²) in [6.07, 6.45) is 0.598. The van der Waals surface area contributed by atoms with Gasteiger partial charge in [-0.05, 0) is 12.2 Å². The summed E-state index contributed by atoms with van der Waals surface area (Å²) in [5.41, 5.74) is 5.42. The van der Waals surface area contributed by atoms with Crippen LogP contribution in [0.15, 0.2) is 0 Å². The smallest absolute Gasteiger partial charge is 0.327 e. The zero-order valence-electron chi connectivity index (χ0n) is 9.33. The minimum atomic E-state index is -1.10. The highest BCUT2D eigenvalue weighted by molar-refractivity contribution is 7.99. The lowest BCUT2D eigenvalue weighted by atomic mass is 10.3. The van der Waals surface area contributed by atoms with Gasteiger partial charge < -0.3 is 21.3 Å². The summed E-state index contributed by atoms with van der Waals surface area (Å²) in [6, 6.07) is -1.76. The maximum absolute atomic E-state index is 11.4. The van der Waals surface area contributed by atoms with Gasteiger partial charge in [0.25, 0.3) is 0 Å². The molecule has 0 saturated carbocycles. The predicted molar refractivity (Wildman–Crippen MR) is 70.4 cm³/mol.